The second-order valence-corrected chi connectivity index (χ2v) is 6.35. The molecule has 1 unspecified atom stereocenters. The molecule has 4 amide bonds. The molecule has 2 aromatic rings. The van der Waals surface area contributed by atoms with Gasteiger partial charge in [-0.1, -0.05) is 23.2 Å². The van der Waals surface area contributed by atoms with Crippen LogP contribution >= 0.6 is 23.2 Å². The fraction of sp³-hybridized carbons (Fsp3) is 0.118. The highest BCUT2D eigenvalue weighted by Gasteiger charge is 2.39. The first-order chi connectivity index (χ1) is 12.4. The normalized spacial score (nSPS) is 17.0. The van der Waals surface area contributed by atoms with E-state index < -0.39 is 29.6 Å². The average Bonchev–Trinajstić information content (AvgIpc) is 2.60. The maximum Gasteiger partial charge on any atom is 0.328 e. The number of imide groups is 1. The zero-order valence-electron chi connectivity index (χ0n) is 13.1. The van der Waals surface area contributed by atoms with Gasteiger partial charge in [0.05, 0.1) is 10.7 Å². The lowest BCUT2D eigenvalue weighted by Gasteiger charge is -2.30. The van der Waals surface area contributed by atoms with Crippen LogP contribution in [-0.2, 0) is 9.59 Å². The number of amides is 4. The molecule has 1 heterocycles. The van der Waals surface area contributed by atoms with Gasteiger partial charge in [0.1, 0.15) is 11.7 Å². The average molecular weight is 396 g/mol. The van der Waals surface area contributed by atoms with Gasteiger partial charge in [-0.2, -0.15) is 0 Å². The van der Waals surface area contributed by atoms with Gasteiger partial charge < -0.3 is 10.6 Å². The predicted octanol–water partition coefficient (Wildman–Crippen LogP) is 3.44. The first-order valence-corrected chi connectivity index (χ1v) is 8.25. The Balaban J connectivity index is 1.80. The molecule has 134 valence electrons. The predicted molar refractivity (Wildman–Crippen MR) is 95.9 cm³/mol. The fourth-order valence-corrected chi connectivity index (χ4v) is 2.76. The van der Waals surface area contributed by atoms with Crippen molar-refractivity contribution in [3.05, 3.63) is 58.3 Å². The summed E-state index contributed by atoms with van der Waals surface area (Å²) in [7, 11) is 0. The van der Waals surface area contributed by atoms with Crippen LogP contribution in [0.15, 0.2) is 42.5 Å². The van der Waals surface area contributed by atoms with Crippen molar-refractivity contribution in [3.8, 4) is 0 Å². The molecule has 1 aliphatic rings. The lowest BCUT2D eigenvalue weighted by molar-refractivity contribution is -0.130. The highest BCUT2D eigenvalue weighted by Crippen LogP contribution is 2.24. The van der Waals surface area contributed by atoms with Crippen LogP contribution in [0, 0.1) is 11.7 Å². The van der Waals surface area contributed by atoms with Gasteiger partial charge >= 0.3 is 6.03 Å². The highest BCUT2D eigenvalue weighted by molar-refractivity contribution is 6.31. The Morgan fingerprint density at radius 1 is 1.15 bits per heavy atom. The SMILES string of the molecule is O=C(Nc1ccc(F)c(Cl)c1)C1CNC(=O)N(c2ccc(Cl)cc2)C1=O. The second kappa shape index (κ2) is 7.31. The molecule has 1 saturated heterocycles. The lowest BCUT2D eigenvalue weighted by atomic mass is 10.0. The summed E-state index contributed by atoms with van der Waals surface area (Å²) < 4.78 is 13.2. The fourth-order valence-electron chi connectivity index (χ4n) is 2.45. The molecule has 0 saturated carbocycles. The summed E-state index contributed by atoms with van der Waals surface area (Å²) in [6, 6.07) is 9.08. The molecule has 1 fully saturated rings. The molecule has 1 aliphatic heterocycles. The summed E-state index contributed by atoms with van der Waals surface area (Å²) in [6.07, 6.45) is 0. The van der Waals surface area contributed by atoms with Gasteiger partial charge in [-0.25, -0.2) is 14.1 Å². The van der Waals surface area contributed by atoms with Crippen molar-refractivity contribution in [1.82, 2.24) is 5.32 Å². The van der Waals surface area contributed by atoms with E-state index in [0.717, 1.165) is 11.0 Å². The summed E-state index contributed by atoms with van der Waals surface area (Å²) >= 11 is 11.5. The molecule has 0 spiro atoms. The Hall–Kier alpha value is -2.64. The van der Waals surface area contributed by atoms with Crippen LogP contribution in [0.5, 0.6) is 0 Å². The topological polar surface area (TPSA) is 78.5 Å². The summed E-state index contributed by atoms with van der Waals surface area (Å²) in [6.45, 7) is -0.150. The molecule has 9 heteroatoms. The van der Waals surface area contributed by atoms with Gasteiger partial charge in [0.2, 0.25) is 11.8 Å². The van der Waals surface area contributed by atoms with E-state index in [2.05, 4.69) is 10.6 Å². The number of hydrogen-bond donors (Lipinski definition) is 2. The van der Waals surface area contributed by atoms with Crippen molar-refractivity contribution in [2.75, 3.05) is 16.8 Å². The van der Waals surface area contributed by atoms with Crippen molar-refractivity contribution in [1.29, 1.82) is 0 Å². The summed E-state index contributed by atoms with van der Waals surface area (Å²) in [5, 5.41) is 5.28. The van der Waals surface area contributed by atoms with Crippen LogP contribution in [0.1, 0.15) is 0 Å². The minimum Gasteiger partial charge on any atom is -0.336 e. The van der Waals surface area contributed by atoms with Gasteiger partial charge in [0, 0.05) is 17.3 Å². The van der Waals surface area contributed by atoms with Crippen molar-refractivity contribution in [2.24, 2.45) is 5.92 Å². The number of nitrogens with one attached hydrogen (secondary N) is 2. The molecule has 2 aromatic carbocycles. The third kappa shape index (κ3) is 3.63. The third-order valence-corrected chi connectivity index (χ3v) is 4.31. The number of urea groups is 1. The number of nitrogens with zero attached hydrogens (tertiary/aromatic N) is 1. The Bertz CT molecular complexity index is 889. The van der Waals surface area contributed by atoms with Crippen molar-refractivity contribution in [3.63, 3.8) is 0 Å². The van der Waals surface area contributed by atoms with E-state index in [1.807, 2.05) is 0 Å². The molecule has 2 N–H and O–H groups in total. The van der Waals surface area contributed by atoms with E-state index in [4.69, 9.17) is 23.2 Å². The van der Waals surface area contributed by atoms with Crippen molar-refractivity contribution < 1.29 is 18.8 Å². The number of benzene rings is 2. The smallest absolute Gasteiger partial charge is 0.328 e. The summed E-state index contributed by atoms with van der Waals surface area (Å²) in [4.78, 5) is 38.0. The zero-order valence-corrected chi connectivity index (χ0v) is 14.6. The van der Waals surface area contributed by atoms with Crippen molar-refractivity contribution in [2.45, 2.75) is 0 Å². The molecule has 0 aromatic heterocycles. The zero-order chi connectivity index (χ0) is 18.8. The Kier molecular flexibility index (Phi) is 5.11. The van der Waals surface area contributed by atoms with Gasteiger partial charge in [0.25, 0.3) is 0 Å². The first-order valence-electron chi connectivity index (χ1n) is 7.50. The highest BCUT2D eigenvalue weighted by atomic mass is 35.5. The number of hydrogen-bond acceptors (Lipinski definition) is 3. The summed E-state index contributed by atoms with van der Waals surface area (Å²) in [5.74, 6) is -3.09. The number of rotatable bonds is 3. The molecule has 1 atom stereocenters. The molecular weight excluding hydrogens is 384 g/mol. The lowest BCUT2D eigenvalue weighted by Crippen LogP contribution is -2.58. The molecule has 26 heavy (non-hydrogen) atoms. The van der Waals surface area contributed by atoms with E-state index in [0.29, 0.717) is 10.7 Å². The Labute approximate surface area is 157 Å². The third-order valence-electron chi connectivity index (χ3n) is 3.77. The van der Waals surface area contributed by atoms with Crippen molar-refractivity contribution >= 4 is 52.4 Å². The van der Waals surface area contributed by atoms with Crippen LogP contribution in [0.2, 0.25) is 10.0 Å². The first kappa shape index (κ1) is 18.2. The van der Waals surface area contributed by atoms with Crippen LogP contribution in [0.25, 0.3) is 0 Å². The number of halogens is 3. The quantitative estimate of drug-likeness (QED) is 0.781. The molecule has 6 nitrogen and oxygen atoms in total. The van der Waals surface area contributed by atoms with E-state index in [1.165, 1.54) is 36.4 Å². The monoisotopic (exact) mass is 395 g/mol. The number of carbonyl (C=O) groups excluding carboxylic acids is 3. The number of anilines is 2. The Morgan fingerprint density at radius 3 is 2.50 bits per heavy atom. The van der Waals surface area contributed by atoms with E-state index in [-0.39, 0.29) is 17.3 Å². The van der Waals surface area contributed by atoms with Gasteiger partial charge in [-0.05, 0) is 42.5 Å². The van der Waals surface area contributed by atoms with E-state index in [9.17, 15) is 18.8 Å². The molecular formula is C17H12Cl2FN3O3. The maximum absolute atomic E-state index is 13.2. The molecule has 0 bridgehead atoms. The molecule has 3 rings (SSSR count). The van der Waals surface area contributed by atoms with Crippen LogP contribution in [0.3, 0.4) is 0 Å². The minimum atomic E-state index is -1.15. The minimum absolute atomic E-state index is 0.150. The van der Waals surface area contributed by atoms with Gasteiger partial charge in [0.15, 0.2) is 0 Å². The van der Waals surface area contributed by atoms with Crippen LogP contribution in [-0.4, -0.2) is 24.4 Å². The largest absolute Gasteiger partial charge is 0.336 e. The van der Waals surface area contributed by atoms with Crippen LogP contribution < -0.4 is 15.5 Å². The molecule has 0 radical (unpaired) electrons. The molecule has 0 aliphatic carbocycles. The van der Waals surface area contributed by atoms with Gasteiger partial charge in [-0.15, -0.1) is 0 Å². The maximum atomic E-state index is 13.2. The van der Waals surface area contributed by atoms with Gasteiger partial charge in [-0.3, -0.25) is 9.59 Å². The summed E-state index contributed by atoms with van der Waals surface area (Å²) in [5.41, 5.74) is 0.531. The number of carbonyl (C=O) groups is 3. The second-order valence-electron chi connectivity index (χ2n) is 5.51. The van der Waals surface area contributed by atoms with Crippen LogP contribution in [0.4, 0.5) is 20.6 Å². The van der Waals surface area contributed by atoms with E-state index >= 15 is 0 Å². The standard InChI is InChI=1S/C17H12Cl2FN3O3/c18-9-1-4-11(5-2-9)23-16(25)12(8-21-17(23)26)15(24)22-10-3-6-14(20)13(19)7-10/h1-7,12H,8H2,(H,21,26)(H,22,24). The van der Waals surface area contributed by atoms with E-state index in [1.54, 1.807) is 0 Å². The Morgan fingerprint density at radius 2 is 1.85 bits per heavy atom.